The van der Waals surface area contributed by atoms with Crippen molar-refractivity contribution in [3.8, 4) is 17.2 Å². The van der Waals surface area contributed by atoms with Gasteiger partial charge in [-0.15, -0.1) is 0 Å². The van der Waals surface area contributed by atoms with Gasteiger partial charge in [-0.3, -0.25) is 9.69 Å². The number of amides is 2. The van der Waals surface area contributed by atoms with Crippen LogP contribution < -0.4 is 5.32 Å². The van der Waals surface area contributed by atoms with Gasteiger partial charge in [0.15, 0.2) is 11.1 Å². The van der Waals surface area contributed by atoms with Gasteiger partial charge < -0.3 is 14.6 Å². The van der Waals surface area contributed by atoms with E-state index >= 15 is 0 Å². The Morgan fingerprint density at radius 3 is 2.49 bits per heavy atom. The van der Waals surface area contributed by atoms with E-state index in [4.69, 9.17) is 9.29 Å². The second kappa shape index (κ2) is 10.6. The van der Waals surface area contributed by atoms with Crippen LogP contribution in [-0.2, 0) is 27.0 Å². The number of halogens is 1. The predicted molar refractivity (Wildman–Crippen MR) is 135 cm³/mol. The lowest BCUT2D eigenvalue weighted by atomic mass is 9.97. The molecule has 1 heterocycles. The lowest BCUT2D eigenvalue weighted by Crippen LogP contribution is -2.55. The molecule has 5 atom stereocenters. The van der Waals surface area contributed by atoms with Crippen molar-refractivity contribution in [1.29, 1.82) is 5.26 Å². The standard InChI is InChI=1S/C27H30FN3O5S/c1-27(2,3)36-26(33)31-21-9-6-19(13-21)24(31)25(32)30-20(15-29)12-18-5-4-17(14-23(18)28)16-7-10-22(11-8-16)37(34)35/h4-5,7-8,10-11,14,19-21,24H,6,9,12-13H2,1-3H3,(H,30,32)(H,34,35). The monoisotopic (exact) mass is 527 g/mol. The molecule has 196 valence electrons. The number of carbonyl (C=O) groups excluding carboxylic acids is 2. The first kappa shape index (κ1) is 26.8. The van der Waals surface area contributed by atoms with E-state index in [1.807, 2.05) is 6.07 Å². The number of hydrogen-bond donors (Lipinski definition) is 2. The molecule has 0 aromatic heterocycles. The highest BCUT2D eigenvalue weighted by atomic mass is 32.2. The second-order valence-corrected chi connectivity index (χ2v) is 11.5. The third-order valence-corrected chi connectivity index (χ3v) is 7.47. The molecule has 2 aromatic rings. The summed E-state index contributed by atoms with van der Waals surface area (Å²) in [5.74, 6) is -0.956. The molecule has 1 aliphatic heterocycles. The molecule has 2 amide bonds. The Morgan fingerprint density at radius 2 is 1.89 bits per heavy atom. The minimum absolute atomic E-state index is 0.00234. The summed E-state index contributed by atoms with van der Waals surface area (Å²) in [4.78, 5) is 27.8. The smallest absolute Gasteiger partial charge is 0.411 e. The summed E-state index contributed by atoms with van der Waals surface area (Å²) in [5, 5.41) is 12.4. The predicted octanol–water partition coefficient (Wildman–Crippen LogP) is 4.41. The summed E-state index contributed by atoms with van der Waals surface area (Å²) >= 11 is -2.09. The van der Waals surface area contributed by atoms with Crippen LogP contribution in [0.1, 0.15) is 45.6 Å². The maximum Gasteiger partial charge on any atom is 0.411 e. The minimum Gasteiger partial charge on any atom is -0.444 e. The highest BCUT2D eigenvalue weighted by Crippen LogP contribution is 2.43. The fraction of sp³-hybridized carbons (Fsp3) is 0.444. The van der Waals surface area contributed by atoms with Crippen molar-refractivity contribution in [2.45, 2.75) is 75.1 Å². The largest absolute Gasteiger partial charge is 0.444 e. The van der Waals surface area contributed by atoms with E-state index in [1.54, 1.807) is 45.0 Å². The topological polar surface area (TPSA) is 120 Å². The van der Waals surface area contributed by atoms with E-state index < -0.39 is 46.6 Å². The third-order valence-electron chi connectivity index (χ3n) is 6.80. The summed E-state index contributed by atoms with van der Waals surface area (Å²) < 4.78 is 40.8. The molecule has 37 heavy (non-hydrogen) atoms. The van der Waals surface area contributed by atoms with E-state index in [2.05, 4.69) is 5.32 Å². The summed E-state index contributed by atoms with van der Waals surface area (Å²) in [6, 6.07) is 11.1. The Labute approximate surface area is 218 Å². The zero-order chi connectivity index (χ0) is 26.9. The van der Waals surface area contributed by atoms with Crippen LogP contribution in [0, 0.1) is 23.1 Å². The summed E-state index contributed by atoms with van der Waals surface area (Å²) in [6.45, 7) is 5.31. The molecule has 10 heteroatoms. The maximum absolute atomic E-state index is 14.9. The number of fused-ring (bicyclic) bond motifs is 2. The van der Waals surface area contributed by atoms with Crippen LogP contribution >= 0.6 is 0 Å². The molecule has 2 aromatic carbocycles. The molecule has 2 bridgehead atoms. The van der Waals surface area contributed by atoms with Gasteiger partial charge in [0, 0.05) is 12.5 Å². The average molecular weight is 528 g/mol. The summed E-state index contributed by atoms with van der Waals surface area (Å²) in [5.41, 5.74) is 0.811. The maximum atomic E-state index is 14.9. The van der Waals surface area contributed by atoms with Crippen LogP contribution in [0.15, 0.2) is 47.4 Å². The van der Waals surface area contributed by atoms with Gasteiger partial charge in [0.1, 0.15) is 23.5 Å². The van der Waals surface area contributed by atoms with Crippen LogP contribution in [0.3, 0.4) is 0 Å². The summed E-state index contributed by atoms with van der Waals surface area (Å²) in [6.07, 6.45) is 1.79. The molecule has 1 aliphatic carbocycles. The molecule has 2 aliphatic rings. The van der Waals surface area contributed by atoms with Gasteiger partial charge in [-0.2, -0.15) is 5.26 Å². The minimum atomic E-state index is -2.09. The quantitative estimate of drug-likeness (QED) is 0.537. The lowest BCUT2D eigenvalue weighted by molar-refractivity contribution is -0.128. The first-order valence-corrected chi connectivity index (χ1v) is 13.3. The molecule has 1 saturated carbocycles. The van der Waals surface area contributed by atoms with Crippen molar-refractivity contribution in [2.75, 3.05) is 0 Å². The molecule has 8 nitrogen and oxygen atoms in total. The van der Waals surface area contributed by atoms with E-state index in [-0.39, 0.29) is 28.8 Å². The van der Waals surface area contributed by atoms with E-state index in [0.29, 0.717) is 11.1 Å². The number of benzene rings is 2. The van der Waals surface area contributed by atoms with Crippen LogP contribution in [-0.4, -0.2) is 49.4 Å². The number of likely N-dealkylation sites (tertiary alicyclic amines) is 1. The number of hydrogen-bond acceptors (Lipinski definition) is 5. The van der Waals surface area contributed by atoms with Crippen LogP contribution in [0.2, 0.25) is 0 Å². The summed E-state index contributed by atoms with van der Waals surface area (Å²) in [7, 11) is 0. The first-order chi connectivity index (χ1) is 17.5. The molecular weight excluding hydrogens is 497 g/mol. The molecule has 1 saturated heterocycles. The molecule has 4 rings (SSSR count). The number of piperidine rings is 1. The highest BCUT2D eigenvalue weighted by Gasteiger charge is 2.52. The van der Waals surface area contributed by atoms with Crippen molar-refractivity contribution in [2.24, 2.45) is 5.92 Å². The van der Waals surface area contributed by atoms with Gasteiger partial charge in [0.25, 0.3) is 0 Å². The SMILES string of the molecule is CC(C)(C)OC(=O)N1C2CCC(C2)C1C(=O)NC(C#N)Cc1ccc(-c2ccc(S(=O)O)cc2)cc1F. The third kappa shape index (κ3) is 6.00. The number of ether oxygens (including phenoxy) is 1. The Kier molecular flexibility index (Phi) is 7.67. The van der Waals surface area contributed by atoms with Crippen molar-refractivity contribution < 1.29 is 27.5 Å². The van der Waals surface area contributed by atoms with Gasteiger partial charge in [-0.1, -0.05) is 24.3 Å². The van der Waals surface area contributed by atoms with Crippen molar-refractivity contribution in [3.05, 3.63) is 53.8 Å². The fourth-order valence-corrected chi connectivity index (χ4v) is 5.53. The van der Waals surface area contributed by atoms with Crippen LogP contribution in [0.4, 0.5) is 9.18 Å². The zero-order valence-corrected chi connectivity index (χ0v) is 21.8. The van der Waals surface area contributed by atoms with E-state index in [1.165, 1.54) is 23.1 Å². The Balaban J connectivity index is 1.45. The van der Waals surface area contributed by atoms with Crippen molar-refractivity contribution >= 4 is 23.1 Å². The van der Waals surface area contributed by atoms with Crippen LogP contribution in [0.25, 0.3) is 11.1 Å². The highest BCUT2D eigenvalue weighted by molar-refractivity contribution is 7.79. The molecular formula is C27H30FN3O5S. The van der Waals surface area contributed by atoms with E-state index in [0.717, 1.165) is 19.3 Å². The van der Waals surface area contributed by atoms with E-state index in [9.17, 15) is 23.5 Å². The number of nitrogens with zero attached hydrogens (tertiary/aromatic N) is 2. The van der Waals surface area contributed by atoms with Gasteiger partial charge in [-0.05, 0) is 80.8 Å². The number of carbonyl (C=O) groups is 2. The zero-order valence-electron chi connectivity index (χ0n) is 20.9. The van der Waals surface area contributed by atoms with Crippen molar-refractivity contribution in [1.82, 2.24) is 10.2 Å². The van der Waals surface area contributed by atoms with Gasteiger partial charge in [-0.25, -0.2) is 13.4 Å². The molecule has 0 radical (unpaired) electrons. The van der Waals surface area contributed by atoms with Gasteiger partial charge in [0.05, 0.1) is 11.0 Å². The Morgan fingerprint density at radius 1 is 1.22 bits per heavy atom. The van der Waals surface area contributed by atoms with Crippen LogP contribution in [0.5, 0.6) is 0 Å². The van der Waals surface area contributed by atoms with Gasteiger partial charge >= 0.3 is 6.09 Å². The van der Waals surface area contributed by atoms with Gasteiger partial charge in [0.2, 0.25) is 5.91 Å². The Bertz CT molecular complexity index is 1250. The molecule has 2 fully saturated rings. The van der Waals surface area contributed by atoms with Crippen molar-refractivity contribution in [3.63, 3.8) is 0 Å². The lowest BCUT2D eigenvalue weighted by Gasteiger charge is -2.35. The number of rotatable bonds is 6. The Hall–Kier alpha value is -3.29. The second-order valence-electron chi connectivity index (χ2n) is 10.5. The molecule has 0 spiro atoms. The fourth-order valence-electron chi connectivity index (χ4n) is 5.17. The number of nitriles is 1. The molecule has 5 unspecified atom stereocenters. The first-order valence-electron chi connectivity index (χ1n) is 12.2. The molecule has 2 N–H and O–H groups in total. The average Bonchev–Trinajstić information content (AvgIpc) is 3.45. The normalized spacial score (nSPS) is 22.3. The number of nitrogens with one attached hydrogen (secondary N) is 1.